The normalized spacial score (nSPS) is 31.7. The molecule has 2 atom stereocenters. The smallest absolute Gasteiger partial charge is 0.114 e. The molecule has 0 spiro atoms. The van der Waals surface area contributed by atoms with E-state index in [9.17, 15) is 5.21 Å². The third-order valence-electron chi connectivity index (χ3n) is 1.65. The summed E-state index contributed by atoms with van der Waals surface area (Å²) in [6.45, 7) is 4.75. The molecule has 1 heterocycles. The summed E-state index contributed by atoms with van der Waals surface area (Å²) in [5.74, 6) is 0.0877. The topological polar surface area (TPSA) is 57.0 Å². The molecule has 0 aromatic rings. The Morgan fingerprint density at radius 3 is 3.09 bits per heavy atom. The summed E-state index contributed by atoms with van der Waals surface area (Å²) in [5, 5.41) is 19.9. The van der Waals surface area contributed by atoms with E-state index in [0.29, 0.717) is 26.1 Å². The van der Waals surface area contributed by atoms with Gasteiger partial charge in [-0.25, -0.2) is 0 Å². The summed E-state index contributed by atoms with van der Waals surface area (Å²) >= 11 is 0. The van der Waals surface area contributed by atoms with Gasteiger partial charge in [0.15, 0.2) is 0 Å². The van der Waals surface area contributed by atoms with E-state index in [0.717, 1.165) is 0 Å². The van der Waals surface area contributed by atoms with Crippen LogP contribution in [0, 0.1) is 5.21 Å². The lowest BCUT2D eigenvalue weighted by atomic mass is 10.2. The second-order valence-electron chi connectivity index (χ2n) is 2.76. The molecule has 0 amide bonds. The largest absolute Gasteiger partial charge is 0.634 e. The maximum absolute atomic E-state index is 10.9. The first-order valence-electron chi connectivity index (χ1n) is 3.68. The molecule has 11 heavy (non-hydrogen) atoms. The number of aliphatic hydroxyl groups is 1. The highest BCUT2D eigenvalue weighted by Gasteiger charge is 2.19. The van der Waals surface area contributed by atoms with Crippen molar-refractivity contribution in [1.82, 2.24) is 0 Å². The number of rotatable bonds is 2. The second kappa shape index (κ2) is 3.71. The van der Waals surface area contributed by atoms with E-state index >= 15 is 0 Å². The molecule has 0 radical (unpaired) electrons. The molecular weight excluding hydrogens is 146 g/mol. The molecule has 1 fully saturated rings. The first kappa shape index (κ1) is 8.52. The molecule has 64 valence electrons. The van der Waals surface area contributed by atoms with E-state index in [4.69, 9.17) is 9.84 Å². The Bertz CT molecular complexity index is 149. The van der Waals surface area contributed by atoms with Gasteiger partial charge in [-0.1, -0.05) is 6.58 Å². The average molecular weight is 159 g/mol. The molecule has 1 aliphatic rings. The van der Waals surface area contributed by atoms with E-state index in [-0.39, 0.29) is 16.9 Å². The molecule has 1 aliphatic heterocycles. The zero-order valence-electron chi connectivity index (χ0n) is 6.38. The number of ether oxygens (including phenoxy) is 1. The minimum Gasteiger partial charge on any atom is -0.634 e. The average Bonchev–Trinajstić information content (AvgIpc) is 1.85. The number of morpholine rings is 1. The first-order valence-corrected chi connectivity index (χ1v) is 3.68. The summed E-state index contributed by atoms with van der Waals surface area (Å²) in [5.41, 5.74) is 0. The molecular formula is C7H13NO3. The molecule has 0 aromatic carbocycles. The number of hydrogen-bond donors (Lipinski definition) is 2. The highest BCUT2D eigenvalue weighted by atomic mass is 16.5. The SMILES string of the molecule is C=C(O)CC1C[NH+]([O-])CCO1. The Labute approximate surface area is 65.6 Å². The zero-order chi connectivity index (χ0) is 8.27. The predicted octanol–water partition coefficient (Wildman–Crippen LogP) is -0.770. The highest BCUT2D eigenvalue weighted by molar-refractivity contribution is 4.83. The Morgan fingerprint density at radius 2 is 2.55 bits per heavy atom. The molecule has 2 N–H and O–H groups in total. The van der Waals surface area contributed by atoms with Crippen molar-refractivity contribution in [3.8, 4) is 0 Å². The van der Waals surface area contributed by atoms with Crippen molar-refractivity contribution in [3.63, 3.8) is 0 Å². The number of quaternary nitrogens is 1. The molecule has 1 rings (SSSR count). The maximum Gasteiger partial charge on any atom is 0.114 e. The quantitative estimate of drug-likeness (QED) is 0.411. The van der Waals surface area contributed by atoms with Gasteiger partial charge in [0, 0.05) is 6.42 Å². The zero-order valence-corrected chi connectivity index (χ0v) is 6.38. The van der Waals surface area contributed by atoms with Crippen molar-refractivity contribution < 1.29 is 14.9 Å². The lowest BCUT2D eigenvalue weighted by molar-refractivity contribution is -0.861. The fourth-order valence-corrected chi connectivity index (χ4v) is 1.15. The van der Waals surface area contributed by atoms with Gasteiger partial charge in [-0.2, -0.15) is 0 Å². The number of hydroxylamine groups is 2. The van der Waals surface area contributed by atoms with E-state index in [1.165, 1.54) is 0 Å². The van der Waals surface area contributed by atoms with E-state index in [1.54, 1.807) is 0 Å². The van der Waals surface area contributed by atoms with Crippen molar-refractivity contribution in [1.29, 1.82) is 0 Å². The standard InChI is InChI=1S/C7H13NO3/c1-6(9)4-7-5-8(10)2-3-11-7/h7-9H,1-5H2. The van der Waals surface area contributed by atoms with Crippen LogP contribution in [-0.4, -0.2) is 30.9 Å². The first-order chi connectivity index (χ1) is 5.18. The van der Waals surface area contributed by atoms with Crippen LogP contribution in [0.4, 0.5) is 0 Å². The van der Waals surface area contributed by atoms with Crippen LogP contribution in [0.1, 0.15) is 6.42 Å². The van der Waals surface area contributed by atoms with Crippen LogP contribution in [0.2, 0.25) is 0 Å². The predicted molar refractivity (Wildman–Crippen MR) is 40.2 cm³/mol. The van der Waals surface area contributed by atoms with E-state index < -0.39 is 0 Å². The van der Waals surface area contributed by atoms with Gasteiger partial charge in [-0.3, -0.25) is 0 Å². The minimum atomic E-state index is -0.145. The lowest BCUT2D eigenvalue weighted by Crippen LogP contribution is -3.10. The van der Waals surface area contributed by atoms with Crippen LogP contribution in [0.15, 0.2) is 12.3 Å². The van der Waals surface area contributed by atoms with Crippen molar-refractivity contribution in [2.24, 2.45) is 0 Å². The second-order valence-corrected chi connectivity index (χ2v) is 2.76. The number of nitrogens with one attached hydrogen (secondary N) is 1. The summed E-state index contributed by atoms with van der Waals surface area (Å²) < 4.78 is 5.22. The minimum absolute atomic E-state index is 0.0877. The van der Waals surface area contributed by atoms with Crippen LogP contribution in [-0.2, 0) is 4.74 Å². The van der Waals surface area contributed by atoms with Crippen LogP contribution in [0.25, 0.3) is 0 Å². The Hall–Kier alpha value is -0.580. The van der Waals surface area contributed by atoms with Crippen LogP contribution in [0.5, 0.6) is 0 Å². The molecule has 1 saturated heterocycles. The third kappa shape index (κ3) is 2.88. The Balaban J connectivity index is 2.28. The Kier molecular flexibility index (Phi) is 2.87. The lowest BCUT2D eigenvalue weighted by Gasteiger charge is -2.32. The number of aliphatic hydroxyl groups excluding tert-OH is 1. The maximum atomic E-state index is 10.9. The Morgan fingerprint density at radius 1 is 1.82 bits per heavy atom. The van der Waals surface area contributed by atoms with Crippen LogP contribution in [0.3, 0.4) is 0 Å². The van der Waals surface area contributed by atoms with Crippen molar-refractivity contribution in [2.45, 2.75) is 12.5 Å². The van der Waals surface area contributed by atoms with Gasteiger partial charge in [0.1, 0.15) is 19.2 Å². The highest BCUT2D eigenvalue weighted by Crippen LogP contribution is 2.03. The molecule has 0 aromatic heterocycles. The van der Waals surface area contributed by atoms with Crippen molar-refractivity contribution >= 4 is 0 Å². The van der Waals surface area contributed by atoms with Gasteiger partial charge in [0.2, 0.25) is 0 Å². The van der Waals surface area contributed by atoms with E-state index in [2.05, 4.69) is 6.58 Å². The van der Waals surface area contributed by atoms with Gasteiger partial charge in [0.05, 0.1) is 12.4 Å². The summed E-state index contributed by atoms with van der Waals surface area (Å²) in [7, 11) is 0. The van der Waals surface area contributed by atoms with Gasteiger partial charge < -0.3 is 20.1 Å². The van der Waals surface area contributed by atoms with Crippen molar-refractivity contribution in [3.05, 3.63) is 17.5 Å². The van der Waals surface area contributed by atoms with E-state index in [1.807, 2.05) is 0 Å². The van der Waals surface area contributed by atoms with Gasteiger partial charge in [0.25, 0.3) is 0 Å². The third-order valence-corrected chi connectivity index (χ3v) is 1.65. The summed E-state index contributed by atoms with van der Waals surface area (Å²) in [6.07, 6.45) is 0.236. The van der Waals surface area contributed by atoms with Crippen molar-refractivity contribution in [2.75, 3.05) is 19.7 Å². The monoisotopic (exact) mass is 159 g/mol. The van der Waals surface area contributed by atoms with Gasteiger partial charge >= 0.3 is 0 Å². The van der Waals surface area contributed by atoms with Gasteiger partial charge in [-0.15, -0.1) is 0 Å². The fourth-order valence-electron chi connectivity index (χ4n) is 1.15. The molecule has 0 bridgehead atoms. The summed E-state index contributed by atoms with van der Waals surface area (Å²) in [4.78, 5) is 0. The molecule has 0 aliphatic carbocycles. The molecule has 0 saturated carbocycles. The van der Waals surface area contributed by atoms with Crippen LogP contribution >= 0.6 is 0 Å². The van der Waals surface area contributed by atoms with Crippen LogP contribution < -0.4 is 5.06 Å². The van der Waals surface area contributed by atoms with Gasteiger partial charge in [-0.05, 0) is 0 Å². The number of hydrogen-bond acceptors (Lipinski definition) is 3. The summed E-state index contributed by atoms with van der Waals surface area (Å²) in [6, 6.07) is 0. The molecule has 4 nitrogen and oxygen atoms in total. The molecule has 4 heteroatoms. The fraction of sp³-hybridized carbons (Fsp3) is 0.714. The molecule has 2 unspecified atom stereocenters.